The number of benzene rings is 3. The van der Waals surface area contributed by atoms with Gasteiger partial charge in [-0.25, -0.2) is 9.18 Å². The molecule has 3 aromatic rings. The second kappa shape index (κ2) is 13.8. The van der Waals surface area contributed by atoms with Crippen molar-refractivity contribution < 1.29 is 28.6 Å². The van der Waals surface area contributed by atoms with E-state index in [2.05, 4.69) is 41.7 Å². The van der Waals surface area contributed by atoms with Crippen LogP contribution in [-0.4, -0.2) is 61.0 Å². The fourth-order valence-corrected chi connectivity index (χ4v) is 4.95. The Morgan fingerprint density at radius 3 is 2.49 bits per heavy atom. The lowest BCUT2D eigenvalue weighted by Crippen LogP contribution is -2.46. The molecule has 7 nitrogen and oxygen atoms in total. The van der Waals surface area contributed by atoms with Crippen LogP contribution in [0, 0.1) is 5.82 Å². The van der Waals surface area contributed by atoms with Crippen molar-refractivity contribution in [3.05, 3.63) is 101 Å². The van der Waals surface area contributed by atoms with Crippen LogP contribution < -0.4 is 10.1 Å². The lowest BCUT2D eigenvalue weighted by atomic mass is 9.86. The molecule has 4 rings (SSSR count). The molecule has 0 radical (unpaired) electrons. The van der Waals surface area contributed by atoms with E-state index in [9.17, 15) is 19.1 Å². The summed E-state index contributed by atoms with van der Waals surface area (Å²) in [5.74, 6) is -0.0790. The predicted molar refractivity (Wildman–Crippen MR) is 147 cm³/mol. The Hall–Kier alpha value is -3.91. The van der Waals surface area contributed by atoms with Crippen molar-refractivity contribution in [2.75, 3.05) is 32.8 Å². The zero-order chi connectivity index (χ0) is 27.6. The minimum absolute atomic E-state index is 0.0498. The Bertz CT molecular complexity index is 1240. The molecule has 0 aliphatic carbocycles. The van der Waals surface area contributed by atoms with Crippen molar-refractivity contribution in [2.45, 2.75) is 38.2 Å². The number of carbonyl (C=O) groups excluding carboxylic acids is 1. The Kier molecular flexibility index (Phi) is 9.91. The van der Waals surface area contributed by atoms with Crippen LogP contribution in [0.3, 0.4) is 0 Å². The SMILES string of the molecule is CC(=O)NCCc1ccc(F)cc1OCCOC1CN(C(=O)O)CCC1c1ccc(Cc2ccccc2)cc1. The largest absolute Gasteiger partial charge is 0.491 e. The number of carbonyl (C=O) groups is 2. The van der Waals surface area contributed by atoms with Gasteiger partial charge in [-0.3, -0.25) is 4.79 Å². The summed E-state index contributed by atoms with van der Waals surface area (Å²) in [6.07, 6.45) is 0.731. The van der Waals surface area contributed by atoms with Gasteiger partial charge < -0.3 is 24.8 Å². The van der Waals surface area contributed by atoms with Crippen LogP contribution in [0.1, 0.15) is 41.5 Å². The quantitative estimate of drug-likeness (QED) is 0.337. The highest BCUT2D eigenvalue weighted by Crippen LogP contribution is 2.31. The Morgan fingerprint density at radius 1 is 1.03 bits per heavy atom. The minimum atomic E-state index is -0.958. The summed E-state index contributed by atoms with van der Waals surface area (Å²) < 4.78 is 25.9. The maximum atomic E-state index is 13.9. The summed E-state index contributed by atoms with van der Waals surface area (Å²) in [6, 6.07) is 23.1. The van der Waals surface area contributed by atoms with Gasteiger partial charge in [0.25, 0.3) is 0 Å². The van der Waals surface area contributed by atoms with Gasteiger partial charge in [0.1, 0.15) is 18.2 Å². The molecule has 0 bridgehead atoms. The molecule has 0 saturated carbocycles. The highest BCUT2D eigenvalue weighted by Gasteiger charge is 2.33. The summed E-state index contributed by atoms with van der Waals surface area (Å²) in [5, 5.41) is 12.3. The average Bonchev–Trinajstić information content (AvgIpc) is 2.93. The van der Waals surface area contributed by atoms with E-state index in [0.29, 0.717) is 31.7 Å². The normalized spacial score (nSPS) is 17.0. The van der Waals surface area contributed by atoms with Crippen LogP contribution in [0.5, 0.6) is 5.75 Å². The molecule has 8 heteroatoms. The summed E-state index contributed by atoms with van der Waals surface area (Å²) in [5.41, 5.74) is 4.36. The summed E-state index contributed by atoms with van der Waals surface area (Å²) in [7, 11) is 0. The van der Waals surface area contributed by atoms with E-state index in [0.717, 1.165) is 17.5 Å². The van der Waals surface area contributed by atoms with Gasteiger partial charge in [-0.15, -0.1) is 0 Å². The van der Waals surface area contributed by atoms with E-state index in [1.165, 1.54) is 35.1 Å². The third-order valence-electron chi connectivity index (χ3n) is 6.96. The lowest BCUT2D eigenvalue weighted by Gasteiger charge is -2.37. The van der Waals surface area contributed by atoms with Crippen molar-refractivity contribution >= 4 is 12.0 Å². The van der Waals surface area contributed by atoms with Gasteiger partial charge in [-0.1, -0.05) is 60.7 Å². The number of nitrogens with one attached hydrogen (secondary N) is 1. The van der Waals surface area contributed by atoms with Crippen LogP contribution in [0.15, 0.2) is 72.8 Å². The fraction of sp³-hybridized carbons (Fsp3) is 0.355. The number of nitrogens with zero attached hydrogens (tertiary/aromatic N) is 1. The number of amides is 2. The van der Waals surface area contributed by atoms with Crippen LogP contribution in [0.2, 0.25) is 0 Å². The summed E-state index contributed by atoms with van der Waals surface area (Å²) in [4.78, 5) is 24.2. The van der Waals surface area contributed by atoms with E-state index >= 15 is 0 Å². The highest BCUT2D eigenvalue weighted by atomic mass is 19.1. The number of hydrogen-bond donors (Lipinski definition) is 2. The predicted octanol–water partition coefficient (Wildman–Crippen LogP) is 5.03. The first kappa shape index (κ1) is 28.1. The van der Waals surface area contributed by atoms with Crippen molar-refractivity contribution in [1.82, 2.24) is 10.2 Å². The average molecular weight is 535 g/mol. The third-order valence-corrected chi connectivity index (χ3v) is 6.96. The maximum Gasteiger partial charge on any atom is 0.407 e. The number of rotatable bonds is 11. The lowest BCUT2D eigenvalue weighted by molar-refractivity contribution is -0.118. The standard InChI is InChI=1S/C31H35FN2O5/c1-22(35)33-15-13-26-11-12-27(32)20-29(26)38-17-18-39-30-21-34(31(36)37)16-14-28(30)25-9-7-24(8-10-25)19-23-5-3-2-4-6-23/h2-12,20,28,30H,13-19,21H2,1H3,(H,33,35)(H,36,37). The Morgan fingerprint density at radius 2 is 1.77 bits per heavy atom. The van der Waals surface area contributed by atoms with E-state index in [-0.39, 0.29) is 37.7 Å². The molecular formula is C31H35FN2O5. The number of ether oxygens (including phenoxy) is 2. The molecule has 2 atom stereocenters. The first-order valence-corrected chi connectivity index (χ1v) is 13.3. The molecule has 1 heterocycles. The van der Waals surface area contributed by atoms with Gasteiger partial charge in [0.05, 0.1) is 19.3 Å². The third kappa shape index (κ3) is 8.29. The van der Waals surface area contributed by atoms with Crippen molar-refractivity contribution in [3.63, 3.8) is 0 Å². The first-order chi connectivity index (χ1) is 18.9. The molecule has 1 aliphatic heterocycles. The number of piperidine rings is 1. The van der Waals surface area contributed by atoms with Crippen molar-refractivity contribution in [1.29, 1.82) is 0 Å². The minimum Gasteiger partial charge on any atom is -0.491 e. The number of halogens is 1. The molecular weight excluding hydrogens is 499 g/mol. The summed E-state index contributed by atoms with van der Waals surface area (Å²) in [6.45, 7) is 3.00. The molecule has 1 aliphatic rings. The van der Waals surface area contributed by atoms with Gasteiger partial charge >= 0.3 is 6.09 Å². The highest BCUT2D eigenvalue weighted by molar-refractivity contribution is 5.72. The molecule has 2 unspecified atom stereocenters. The second-order valence-corrected chi connectivity index (χ2v) is 9.77. The molecule has 1 fully saturated rings. The van der Waals surface area contributed by atoms with E-state index in [1.54, 1.807) is 6.07 Å². The van der Waals surface area contributed by atoms with Crippen LogP contribution >= 0.6 is 0 Å². The molecule has 0 aromatic heterocycles. The van der Waals surface area contributed by atoms with Gasteiger partial charge in [-0.05, 0) is 47.6 Å². The van der Waals surface area contributed by atoms with Crippen LogP contribution in [0.25, 0.3) is 0 Å². The van der Waals surface area contributed by atoms with E-state index < -0.39 is 11.9 Å². The molecule has 0 spiro atoms. The Labute approximate surface area is 228 Å². The zero-order valence-corrected chi connectivity index (χ0v) is 22.1. The van der Waals surface area contributed by atoms with Gasteiger partial charge in [0.2, 0.25) is 5.91 Å². The zero-order valence-electron chi connectivity index (χ0n) is 22.1. The molecule has 1 saturated heterocycles. The molecule has 206 valence electrons. The van der Waals surface area contributed by atoms with Crippen molar-refractivity contribution in [2.24, 2.45) is 0 Å². The fourth-order valence-electron chi connectivity index (χ4n) is 4.95. The van der Waals surface area contributed by atoms with Gasteiger partial charge in [0.15, 0.2) is 0 Å². The van der Waals surface area contributed by atoms with E-state index in [1.807, 2.05) is 18.2 Å². The second-order valence-electron chi connectivity index (χ2n) is 9.77. The smallest absolute Gasteiger partial charge is 0.407 e. The van der Waals surface area contributed by atoms with Crippen LogP contribution in [-0.2, 0) is 22.4 Å². The molecule has 2 amide bonds. The number of hydrogen-bond acceptors (Lipinski definition) is 4. The maximum absolute atomic E-state index is 13.9. The van der Waals surface area contributed by atoms with Gasteiger partial charge in [-0.2, -0.15) is 0 Å². The molecule has 3 aromatic carbocycles. The molecule has 2 N–H and O–H groups in total. The van der Waals surface area contributed by atoms with Crippen molar-refractivity contribution in [3.8, 4) is 5.75 Å². The number of likely N-dealkylation sites (tertiary alicyclic amines) is 1. The number of carboxylic acid groups (broad SMARTS) is 1. The first-order valence-electron chi connectivity index (χ1n) is 13.3. The molecule has 39 heavy (non-hydrogen) atoms. The Balaban J connectivity index is 1.37. The monoisotopic (exact) mass is 534 g/mol. The van der Waals surface area contributed by atoms with E-state index in [4.69, 9.17) is 9.47 Å². The summed E-state index contributed by atoms with van der Waals surface area (Å²) >= 11 is 0. The van der Waals surface area contributed by atoms with Gasteiger partial charge in [0, 0.05) is 32.0 Å². The topological polar surface area (TPSA) is 88.1 Å². The van der Waals surface area contributed by atoms with Crippen LogP contribution in [0.4, 0.5) is 9.18 Å².